The molecule has 1 aromatic carbocycles. The highest BCUT2D eigenvalue weighted by atomic mass is 14.7. The predicted molar refractivity (Wildman–Crippen MR) is 73.9 cm³/mol. The molecule has 2 atom stereocenters. The number of hydrogen-bond acceptors (Lipinski definition) is 1. The molecule has 1 aromatic rings. The standard InChI is InChI=1S/C16H25N/c1-3-14-7-5-10-16(17,11-9-14)15-8-4-6-13(2)12-15/h4,6,8,12,14H,3,5,7,9-11,17H2,1-2H3. The summed E-state index contributed by atoms with van der Waals surface area (Å²) in [4.78, 5) is 0. The van der Waals surface area contributed by atoms with Gasteiger partial charge in [-0.15, -0.1) is 0 Å². The van der Waals surface area contributed by atoms with Gasteiger partial charge in [-0.1, -0.05) is 56.0 Å². The molecule has 0 aromatic heterocycles. The van der Waals surface area contributed by atoms with Gasteiger partial charge in [-0.05, 0) is 37.7 Å². The summed E-state index contributed by atoms with van der Waals surface area (Å²) in [6, 6.07) is 8.77. The van der Waals surface area contributed by atoms with Crippen LogP contribution in [0.4, 0.5) is 0 Å². The highest BCUT2D eigenvalue weighted by molar-refractivity contribution is 5.28. The lowest BCUT2D eigenvalue weighted by molar-refractivity contribution is 0.371. The van der Waals surface area contributed by atoms with Gasteiger partial charge in [0.2, 0.25) is 0 Å². The van der Waals surface area contributed by atoms with Crippen LogP contribution in [0.25, 0.3) is 0 Å². The minimum Gasteiger partial charge on any atom is -0.321 e. The Morgan fingerprint density at radius 1 is 1.29 bits per heavy atom. The van der Waals surface area contributed by atoms with Crippen molar-refractivity contribution in [1.29, 1.82) is 0 Å². The third-order valence-electron chi connectivity index (χ3n) is 4.40. The molecule has 0 aliphatic heterocycles. The zero-order valence-corrected chi connectivity index (χ0v) is 11.2. The smallest absolute Gasteiger partial charge is 0.0409 e. The average Bonchev–Trinajstić information content (AvgIpc) is 2.52. The third-order valence-corrected chi connectivity index (χ3v) is 4.40. The van der Waals surface area contributed by atoms with E-state index < -0.39 is 0 Å². The predicted octanol–water partition coefficient (Wildman–Crippen LogP) is 4.14. The Hall–Kier alpha value is -0.820. The van der Waals surface area contributed by atoms with Crippen LogP contribution in [0.15, 0.2) is 24.3 Å². The van der Waals surface area contributed by atoms with Gasteiger partial charge in [0.15, 0.2) is 0 Å². The number of benzene rings is 1. The molecule has 1 saturated carbocycles. The van der Waals surface area contributed by atoms with Crippen LogP contribution in [-0.2, 0) is 5.54 Å². The Bertz CT molecular complexity index is 372. The van der Waals surface area contributed by atoms with Gasteiger partial charge in [-0.25, -0.2) is 0 Å². The zero-order chi connectivity index (χ0) is 12.3. The lowest BCUT2D eigenvalue weighted by atomic mass is 9.83. The summed E-state index contributed by atoms with van der Waals surface area (Å²) in [6.45, 7) is 4.46. The van der Waals surface area contributed by atoms with Crippen LogP contribution in [0.3, 0.4) is 0 Å². The van der Waals surface area contributed by atoms with Gasteiger partial charge in [-0.3, -0.25) is 0 Å². The quantitative estimate of drug-likeness (QED) is 0.761. The van der Waals surface area contributed by atoms with Gasteiger partial charge < -0.3 is 5.73 Å². The van der Waals surface area contributed by atoms with Gasteiger partial charge in [0.05, 0.1) is 0 Å². The van der Waals surface area contributed by atoms with E-state index >= 15 is 0 Å². The summed E-state index contributed by atoms with van der Waals surface area (Å²) in [7, 11) is 0. The number of nitrogens with two attached hydrogens (primary N) is 1. The maximum absolute atomic E-state index is 6.67. The van der Waals surface area contributed by atoms with Gasteiger partial charge in [-0.2, -0.15) is 0 Å². The van der Waals surface area contributed by atoms with Crippen LogP contribution in [0.2, 0.25) is 0 Å². The van der Waals surface area contributed by atoms with Crippen molar-refractivity contribution in [3.63, 3.8) is 0 Å². The van der Waals surface area contributed by atoms with E-state index in [1.54, 1.807) is 0 Å². The summed E-state index contributed by atoms with van der Waals surface area (Å²) < 4.78 is 0. The molecule has 2 rings (SSSR count). The first kappa shape index (κ1) is 12.6. The normalized spacial score (nSPS) is 29.9. The molecule has 1 fully saturated rings. The molecule has 94 valence electrons. The fourth-order valence-electron chi connectivity index (χ4n) is 3.09. The molecule has 0 bridgehead atoms. The molecule has 17 heavy (non-hydrogen) atoms. The lowest BCUT2D eigenvalue weighted by Crippen LogP contribution is -2.36. The van der Waals surface area contributed by atoms with Crippen molar-refractivity contribution >= 4 is 0 Å². The molecule has 2 N–H and O–H groups in total. The first-order valence-corrected chi connectivity index (χ1v) is 7.00. The van der Waals surface area contributed by atoms with Crippen LogP contribution in [0.5, 0.6) is 0 Å². The molecule has 0 amide bonds. The number of hydrogen-bond donors (Lipinski definition) is 1. The maximum Gasteiger partial charge on any atom is 0.0409 e. The largest absolute Gasteiger partial charge is 0.321 e. The monoisotopic (exact) mass is 231 g/mol. The van der Waals surface area contributed by atoms with Crippen LogP contribution >= 0.6 is 0 Å². The Balaban J connectivity index is 2.18. The molecule has 0 radical (unpaired) electrons. The van der Waals surface area contributed by atoms with Gasteiger partial charge in [0.25, 0.3) is 0 Å². The summed E-state index contributed by atoms with van der Waals surface area (Å²) in [5.41, 5.74) is 9.26. The van der Waals surface area contributed by atoms with Crippen molar-refractivity contribution in [2.75, 3.05) is 0 Å². The van der Waals surface area contributed by atoms with Crippen LogP contribution in [0.1, 0.15) is 56.6 Å². The highest BCUT2D eigenvalue weighted by Gasteiger charge is 2.30. The van der Waals surface area contributed by atoms with Crippen molar-refractivity contribution < 1.29 is 0 Å². The summed E-state index contributed by atoms with van der Waals surface area (Å²) in [5.74, 6) is 0.894. The van der Waals surface area contributed by atoms with Gasteiger partial charge in [0.1, 0.15) is 0 Å². The minimum absolute atomic E-state index is 0.0735. The first-order valence-electron chi connectivity index (χ1n) is 7.00. The molecule has 1 heteroatoms. The second-order valence-corrected chi connectivity index (χ2v) is 5.73. The molecular formula is C16H25N. The van der Waals surface area contributed by atoms with Crippen molar-refractivity contribution in [2.45, 2.75) is 57.9 Å². The molecule has 2 unspecified atom stereocenters. The summed E-state index contributed by atoms with van der Waals surface area (Å²) in [5, 5.41) is 0. The van der Waals surface area contributed by atoms with E-state index in [1.165, 1.54) is 36.8 Å². The lowest BCUT2D eigenvalue weighted by Gasteiger charge is -2.29. The van der Waals surface area contributed by atoms with E-state index in [9.17, 15) is 0 Å². The second-order valence-electron chi connectivity index (χ2n) is 5.73. The van der Waals surface area contributed by atoms with E-state index in [0.717, 1.165) is 18.8 Å². The Kier molecular flexibility index (Phi) is 3.88. The molecular weight excluding hydrogens is 206 g/mol. The zero-order valence-electron chi connectivity index (χ0n) is 11.2. The average molecular weight is 231 g/mol. The van der Waals surface area contributed by atoms with Gasteiger partial charge in [0, 0.05) is 5.54 Å². The molecule has 0 heterocycles. The fourth-order valence-corrected chi connectivity index (χ4v) is 3.09. The fraction of sp³-hybridized carbons (Fsp3) is 0.625. The summed E-state index contributed by atoms with van der Waals surface area (Å²) >= 11 is 0. The molecule has 0 spiro atoms. The molecule has 1 aliphatic rings. The van der Waals surface area contributed by atoms with E-state index in [0.29, 0.717) is 0 Å². The van der Waals surface area contributed by atoms with E-state index in [4.69, 9.17) is 5.73 Å². The van der Waals surface area contributed by atoms with Crippen LogP contribution < -0.4 is 5.73 Å². The van der Waals surface area contributed by atoms with Crippen molar-refractivity contribution in [2.24, 2.45) is 11.7 Å². The topological polar surface area (TPSA) is 26.0 Å². The Labute approximate surface area is 105 Å². The van der Waals surface area contributed by atoms with E-state index in [2.05, 4.69) is 38.1 Å². The van der Waals surface area contributed by atoms with Crippen molar-refractivity contribution in [3.8, 4) is 0 Å². The van der Waals surface area contributed by atoms with Crippen molar-refractivity contribution in [1.82, 2.24) is 0 Å². The molecule has 1 nitrogen and oxygen atoms in total. The minimum atomic E-state index is -0.0735. The highest BCUT2D eigenvalue weighted by Crippen LogP contribution is 2.36. The number of rotatable bonds is 2. The first-order chi connectivity index (χ1) is 8.14. The van der Waals surface area contributed by atoms with E-state index in [1.807, 2.05) is 0 Å². The Morgan fingerprint density at radius 2 is 2.12 bits per heavy atom. The van der Waals surface area contributed by atoms with Crippen LogP contribution in [-0.4, -0.2) is 0 Å². The molecule has 0 saturated heterocycles. The Morgan fingerprint density at radius 3 is 2.82 bits per heavy atom. The third kappa shape index (κ3) is 2.90. The second kappa shape index (κ2) is 5.22. The van der Waals surface area contributed by atoms with Gasteiger partial charge >= 0.3 is 0 Å². The summed E-state index contributed by atoms with van der Waals surface area (Å²) in [6.07, 6.45) is 7.54. The number of aryl methyl sites for hydroxylation is 1. The maximum atomic E-state index is 6.67. The SMILES string of the molecule is CCC1CCCC(N)(c2cccc(C)c2)CC1. The van der Waals surface area contributed by atoms with E-state index in [-0.39, 0.29) is 5.54 Å². The molecule has 1 aliphatic carbocycles. The van der Waals surface area contributed by atoms with Crippen molar-refractivity contribution in [3.05, 3.63) is 35.4 Å². The van der Waals surface area contributed by atoms with Crippen LogP contribution in [0, 0.1) is 12.8 Å².